The fourth-order valence-corrected chi connectivity index (χ4v) is 2.49. The number of methoxy groups -OCH3 is 3. The lowest BCUT2D eigenvalue weighted by Gasteiger charge is -2.12. The first-order valence-corrected chi connectivity index (χ1v) is 9.07. The molecule has 0 heterocycles. The van der Waals surface area contributed by atoms with Crippen LogP contribution in [0.4, 0.5) is 11.4 Å². The van der Waals surface area contributed by atoms with Gasteiger partial charge in [0.25, 0.3) is 5.91 Å². The fourth-order valence-electron chi connectivity index (χ4n) is 2.49. The van der Waals surface area contributed by atoms with Crippen LogP contribution in [0, 0.1) is 0 Å². The second kappa shape index (κ2) is 11.3. The van der Waals surface area contributed by atoms with Gasteiger partial charge in [0.05, 0.1) is 39.1 Å². The molecular formula is C21H24N2O7. The highest BCUT2D eigenvalue weighted by Crippen LogP contribution is 2.28. The van der Waals surface area contributed by atoms with Crippen molar-refractivity contribution in [3.05, 3.63) is 42.5 Å². The Hall–Kier alpha value is -3.75. The number of carbonyl (C=O) groups is 3. The van der Waals surface area contributed by atoms with Crippen LogP contribution in [-0.2, 0) is 19.1 Å². The maximum absolute atomic E-state index is 12.1. The van der Waals surface area contributed by atoms with Crippen molar-refractivity contribution in [2.45, 2.75) is 12.8 Å². The summed E-state index contributed by atoms with van der Waals surface area (Å²) in [4.78, 5) is 35.9. The van der Waals surface area contributed by atoms with Gasteiger partial charge in [0.2, 0.25) is 5.91 Å². The number of amides is 2. The SMILES string of the molecule is COc1ccc(OC)c(NC(=O)COC(=O)CCC(=O)Nc2ccccc2OC)c1. The van der Waals surface area contributed by atoms with Crippen LogP contribution in [0.25, 0.3) is 0 Å². The number of rotatable bonds is 10. The van der Waals surface area contributed by atoms with E-state index in [9.17, 15) is 14.4 Å². The molecule has 0 radical (unpaired) electrons. The summed E-state index contributed by atoms with van der Waals surface area (Å²) in [5.74, 6) is -0.112. The molecule has 2 aromatic rings. The second-order valence-corrected chi connectivity index (χ2v) is 6.02. The van der Waals surface area contributed by atoms with E-state index in [1.54, 1.807) is 42.5 Å². The van der Waals surface area contributed by atoms with Gasteiger partial charge in [-0.25, -0.2) is 0 Å². The molecule has 0 spiro atoms. The first-order chi connectivity index (χ1) is 14.5. The summed E-state index contributed by atoms with van der Waals surface area (Å²) in [6, 6.07) is 11.8. The third-order valence-electron chi connectivity index (χ3n) is 3.98. The summed E-state index contributed by atoms with van der Waals surface area (Å²) in [6.45, 7) is -0.493. The normalized spacial score (nSPS) is 9.97. The molecule has 0 saturated heterocycles. The van der Waals surface area contributed by atoms with E-state index in [0.29, 0.717) is 28.6 Å². The standard InChI is InChI=1S/C21H24N2O7/c1-27-14-8-9-18(29-3)16(12-14)23-20(25)13-30-21(26)11-10-19(24)22-15-6-4-5-7-17(15)28-2/h4-9,12H,10-11,13H2,1-3H3,(H,22,24)(H,23,25). The molecule has 0 fully saturated rings. The van der Waals surface area contributed by atoms with Gasteiger partial charge >= 0.3 is 5.97 Å². The molecule has 0 unspecified atom stereocenters. The second-order valence-electron chi connectivity index (χ2n) is 6.02. The zero-order chi connectivity index (χ0) is 21.9. The lowest BCUT2D eigenvalue weighted by atomic mass is 10.2. The van der Waals surface area contributed by atoms with Crippen LogP contribution < -0.4 is 24.8 Å². The highest BCUT2D eigenvalue weighted by molar-refractivity contribution is 5.95. The number of esters is 1. The molecule has 0 aliphatic rings. The average molecular weight is 416 g/mol. The third kappa shape index (κ3) is 6.69. The molecule has 0 bridgehead atoms. The molecule has 2 rings (SSSR count). The summed E-state index contributed by atoms with van der Waals surface area (Å²) in [7, 11) is 4.46. The van der Waals surface area contributed by atoms with Crippen LogP contribution >= 0.6 is 0 Å². The number of nitrogens with one attached hydrogen (secondary N) is 2. The quantitative estimate of drug-likeness (QED) is 0.573. The smallest absolute Gasteiger partial charge is 0.306 e. The Morgan fingerprint density at radius 1 is 0.767 bits per heavy atom. The molecule has 2 amide bonds. The summed E-state index contributed by atoms with van der Waals surface area (Å²) in [5, 5.41) is 5.25. The zero-order valence-corrected chi connectivity index (χ0v) is 17.0. The molecule has 160 valence electrons. The predicted octanol–water partition coefficient (Wildman–Crippen LogP) is 2.61. The van der Waals surface area contributed by atoms with Crippen molar-refractivity contribution in [1.29, 1.82) is 0 Å². The van der Waals surface area contributed by atoms with Gasteiger partial charge in [0.1, 0.15) is 17.2 Å². The van der Waals surface area contributed by atoms with Gasteiger partial charge in [0.15, 0.2) is 6.61 Å². The number of hydrogen-bond acceptors (Lipinski definition) is 7. The van der Waals surface area contributed by atoms with Crippen molar-refractivity contribution in [3.8, 4) is 17.2 Å². The van der Waals surface area contributed by atoms with Crippen molar-refractivity contribution in [2.24, 2.45) is 0 Å². The molecular weight excluding hydrogens is 392 g/mol. The Balaban J connectivity index is 1.78. The summed E-state index contributed by atoms with van der Waals surface area (Å²) in [6.07, 6.45) is -0.265. The summed E-state index contributed by atoms with van der Waals surface area (Å²) < 4.78 is 20.4. The topological polar surface area (TPSA) is 112 Å². The van der Waals surface area contributed by atoms with Crippen LogP contribution in [-0.4, -0.2) is 45.7 Å². The minimum absolute atomic E-state index is 0.0950. The molecule has 0 atom stereocenters. The fraction of sp³-hybridized carbons (Fsp3) is 0.286. The lowest BCUT2D eigenvalue weighted by Crippen LogP contribution is -2.22. The molecule has 0 saturated carbocycles. The van der Waals surface area contributed by atoms with Crippen LogP contribution in [0.15, 0.2) is 42.5 Å². The van der Waals surface area contributed by atoms with E-state index in [1.807, 2.05) is 0 Å². The number of para-hydroxylation sites is 2. The van der Waals surface area contributed by atoms with Crippen molar-refractivity contribution in [2.75, 3.05) is 38.6 Å². The molecule has 0 aliphatic heterocycles. The van der Waals surface area contributed by atoms with Gasteiger partial charge < -0.3 is 29.6 Å². The van der Waals surface area contributed by atoms with Gasteiger partial charge in [-0.05, 0) is 24.3 Å². The van der Waals surface area contributed by atoms with Crippen molar-refractivity contribution >= 4 is 29.2 Å². The predicted molar refractivity (Wildman–Crippen MR) is 110 cm³/mol. The number of hydrogen-bond donors (Lipinski definition) is 2. The van der Waals surface area contributed by atoms with Gasteiger partial charge in [-0.1, -0.05) is 12.1 Å². The minimum Gasteiger partial charge on any atom is -0.497 e. The van der Waals surface area contributed by atoms with Gasteiger partial charge in [-0.15, -0.1) is 0 Å². The van der Waals surface area contributed by atoms with E-state index >= 15 is 0 Å². The maximum Gasteiger partial charge on any atom is 0.306 e. The molecule has 0 aromatic heterocycles. The molecule has 9 nitrogen and oxygen atoms in total. The van der Waals surface area contributed by atoms with Crippen molar-refractivity contribution in [3.63, 3.8) is 0 Å². The van der Waals surface area contributed by atoms with Crippen molar-refractivity contribution < 1.29 is 33.3 Å². The summed E-state index contributed by atoms with van der Waals surface area (Å²) >= 11 is 0. The highest BCUT2D eigenvalue weighted by Gasteiger charge is 2.14. The molecule has 9 heteroatoms. The lowest BCUT2D eigenvalue weighted by molar-refractivity contribution is -0.147. The third-order valence-corrected chi connectivity index (χ3v) is 3.98. The van der Waals surface area contributed by atoms with Crippen molar-refractivity contribution in [1.82, 2.24) is 0 Å². The Kier molecular flexibility index (Phi) is 8.49. The monoisotopic (exact) mass is 416 g/mol. The van der Waals surface area contributed by atoms with E-state index in [2.05, 4.69) is 10.6 Å². The van der Waals surface area contributed by atoms with Gasteiger partial charge in [-0.2, -0.15) is 0 Å². The van der Waals surface area contributed by atoms with E-state index < -0.39 is 18.5 Å². The first-order valence-electron chi connectivity index (χ1n) is 9.07. The Labute approximate surface area is 174 Å². The average Bonchev–Trinajstić information content (AvgIpc) is 2.76. The van der Waals surface area contributed by atoms with E-state index in [1.165, 1.54) is 21.3 Å². The molecule has 2 aromatic carbocycles. The van der Waals surface area contributed by atoms with Crippen LogP contribution in [0.5, 0.6) is 17.2 Å². The van der Waals surface area contributed by atoms with E-state index in [0.717, 1.165) is 0 Å². The molecule has 2 N–H and O–H groups in total. The van der Waals surface area contributed by atoms with Crippen LogP contribution in [0.3, 0.4) is 0 Å². The van der Waals surface area contributed by atoms with E-state index in [4.69, 9.17) is 18.9 Å². The number of anilines is 2. The number of ether oxygens (including phenoxy) is 4. The zero-order valence-electron chi connectivity index (χ0n) is 17.0. The van der Waals surface area contributed by atoms with Crippen LogP contribution in [0.1, 0.15) is 12.8 Å². The Morgan fingerprint density at radius 3 is 2.13 bits per heavy atom. The highest BCUT2D eigenvalue weighted by atomic mass is 16.5. The minimum atomic E-state index is -0.669. The molecule has 0 aliphatic carbocycles. The van der Waals surface area contributed by atoms with Gasteiger partial charge in [0, 0.05) is 12.5 Å². The van der Waals surface area contributed by atoms with Crippen LogP contribution in [0.2, 0.25) is 0 Å². The van der Waals surface area contributed by atoms with Gasteiger partial charge in [-0.3, -0.25) is 14.4 Å². The first kappa shape index (κ1) is 22.5. The summed E-state index contributed by atoms with van der Waals surface area (Å²) in [5.41, 5.74) is 0.888. The Morgan fingerprint density at radius 2 is 1.43 bits per heavy atom. The molecule has 30 heavy (non-hydrogen) atoms. The number of benzene rings is 2. The number of carbonyl (C=O) groups excluding carboxylic acids is 3. The van der Waals surface area contributed by atoms with E-state index in [-0.39, 0.29) is 18.7 Å². The Bertz CT molecular complexity index is 899. The maximum atomic E-state index is 12.1. The largest absolute Gasteiger partial charge is 0.497 e.